The summed E-state index contributed by atoms with van der Waals surface area (Å²) in [4.78, 5) is 24.2. The van der Waals surface area contributed by atoms with E-state index in [4.69, 9.17) is 5.11 Å². The number of nitrogens with one attached hydrogen (secondary N) is 1. The van der Waals surface area contributed by atoms with E-state index in [1.165, 1.54) is 0 Å². The third-order valence-electron chi connectivity index (χ3n) is 2.84. The van der Waals surface area contributed by atoms with Gasteiger partial charge in [-0.05, 0) is 40.4 Å². The maximum Gasteiger partial charge on any atom is 0.307 e. The molecule has 5 nitrogen and oxygen atoms in total. The summed E-state index contributed by atoms with van der Waals surface area (Å²) in [6, 6.07) is 0.102. The zero-order chi connectivity index (χ0) is 12.3. The summed E-state index contributed by atoms with van der Waals surface area (Å²) in [7, 11) is 3.96. The van der Waals surface area contributed by atoms with Crippen molar-refractivity contribution < 1.29 is 14.7 Å². The molecular formula is C11H20N2O3. The lowest BCUT2D eigenvalue weighted by Gasteiger charge is -2.16. The summed E-state index contributed by atoms with van der Waals surface area (Å²) >= 11 is 0. The molecule has 1 saturated carbocycles. The molecule has 0 aromatic carbocycles. The summed E-state index contributed by atoms with van der Waals surface area (Å²) < 4.78 is 0. The van der Waals surface area contributed by atoms with Crippen LogP contribution in [0, 0.1) is 11.8 Å². The minimum Gasteiger partial charge on any atom is -0.481 e. The third-order valence-corrected chi connectivity index (χ3v) is 2.84. The molecule has 0 aliphatic heterocycles. The number of rotatable bonds is 6. The second-order valence-corrected chi connectivity index (χ2v) is 4.79. The Kier molecular flexibility index (Phi) is 4.29. The average Bonchev–Trinajstić information content (AvgIpc) is 2.93. The molecule has 0 aromatic heterocycles. The molecule has 1 fully saturated rings. The Morgan fingerprint density at radius 1 is 1.44 bits per heavy atom. The first-order valence-corrected chi connectivity index (χ1v) is 5.59. The number of carbonyl (C=O) groups is 2. The van der Waals surface area contributed by atoms with E-state index in [-0.39, 0.29) is 17.9 Å². The molecule has 1 rings (SSSR count). The van der Waals surface area contributed by atoms with Gasteiger partial charge in [0.25, 0.3) is 0 Å². The van der Waals surface area contributed by atoms with Gasteiger partial charge in [0, 0.05) is 6.04 Å². The highest BCUT2D eigenvalue weighted by atomic mass is 16.4. The average molecular weight is 228 g/mol. The first-order chi connectivity index (χ1) is 7.41. The third kappa shape index (κ3) is 3.81. The molecule has 0 saturated heterocycles. The number of amides is 1. The van der Waals surface area contributed by atoms with E-state index in [2.05, 4.69) is 10.2 Å². The smallest absolute Gasteiger partial charge is 0.307 e. The zero-order valence-corrected chi connectivity index (χ0v) is 10.1. The number of carbonyl (C=O) groups excluding carboxylic acids is 1. The minimum absolute atomic E-state index is 0.102. The molecule has 0 heterocycles. The SMILES string of the molecule is CC(CCN(C)C)NC(=O)[C@@H]1C[C@@H]1C(=O)O. The standard InChI is InChI=1S/C11H20N2O3/c1-7(4-5-13(2)3)12-10(14)8-6-9(8)11(15)16/h7-9H,4-6H2,1-3H3,(H,12,14)(H,15,16)/t7?,8-,9+/m1/s1. The van der Waals surface area contributed by atoms with Gasteiger partial charge in [0.05, 0.1) is 11.8 Å². The minimum atomic E-state index is -0.860. The molecule has 2 N–H and O–H groups in total. The van der Waals surface area contributed by atoms with Gasteiger partial charge in [-0.2, -0.15) is 0 Å². The lowest BCUT2D eigenvalue weighted by atomic mass is 10.2. The summed E-state index contributed by atoms with van der Waals surface area (Å²) in [5, 5.41) is 11.5. The molecule has 0 radical (unpaired) electrons. The predicted molar refractivity (Wildman–Crippen MR) is 60.0 cm³/mol. The van der Waals surface area contributed by atoms with Crippen LogP contribution < -0.4 is 5.32 Å². The van der Waals surface area contributed by atoms with E-state index < -0.39 is 11.9 Å². The molecule has 1 aliphatic carbocycles. The summed E-state index contributed by atoms with van der Waals surface area (Å²) in [6.07, 6.45) is 1.37. The van der Waals surface area contributed by atoms with E-state index in [1.807, 2.05) is 21.0 Å². The van der Waals surface area contributed by atoms with Crippen molar-refractivity contribution in [2.45, 2.75) is 25.8 Å². The van der Waals surface area contributed by atoms with Gasteiger partial charge in [0.1, 0.15) is 0 Å². The van der Waals surface area contributed by atoms with Gasteiger partial charge in [-0.15, -0.1) is 0 Å². The monoisotopic (exact) mass is 228 g/mol. The fraction of sp³-hybridized carbons (Fsp3) is 0.818. The van der Waals surface area contributed by atoms with E-state index in [0.29, 0.717) is 6.42 Å². The maximum absolute atomic E-state index is 11.6. The van der Waals surface area contributed by atoms with Crippen LogP contribution in [-0.4, -0.2) is 48.6 Å². The zero-order valence-electron chi connectivity index (χ0n) is 10.1. The molecular weight excluding hydrogens is 208 g/mol. The highest BCUT2D eigenvalue weighted by Gasteiger charge is 2.48. The maximum atomic E-state index is 11.6. The summed E-state index contributed by atoms with van der Waals surface area (Å²) in [5.74, 6) is -1.74. The largest absolute Gasteiger partial charge is 0.481 e. The van der Waals surface area contributed by atoms with Crippen LogP contribution in [-0.2, 0) is 9.59 Å². The first-order valence-electron chi connectivity index (χ1n) is 5.59. The Hall–Kier alpha value is -1.10. The molecule has 3 atom stereocenters. The predicted octanol–water partition coefficient (Wildman–Crippen LogP) is 0.164. The van der Waals surface area contributed by atoms with Crippen molar-refractivity contribution in [2.75, 3.05) is 20.6 Å². The fourth-order valence-corrected chi connectivity index (χ4v) is 1.63. The fourth-order valence-electron chi connectivity index (χ4n) is 1.63. The Bertz CT molecular complexity index is 278. The van der Waals surface area contributed by atoms with E-state index in [1.54, 1.807) is 0 Å². The molecule has 92 valence electrons. The van der Waals surface area contributed by atoms with Gasteiger partial charge in [0.15, 0.2) is 0 Å². The van der Waals surface area contributed by atoms with E-state index in [9.17, 15) is 9.59 Å². The first kappa shape index (κ1) is 13.0. The number of nitrogens with zero attached hydrogens (tertiary/aromatic N) is 1. The summed E-state index contributed by atoms with van der Waals surface area (Å²) in [6.45, 7) is 2.86. The number of aliphatic carboxylic acids is 1. The molecule has 5 heteroatoms. The lowest BCUT2D eigenvalue weighted by molar-refractivity contribution is -0.140. The highest BCUT2D eigenvalue weighted by molar-refractivity contribution is 5.89. The van der Waals surface area contributed by atoms with Crippen molar-refractivity contribution in [3.63, 3.8) is 0 Å². The number of carboxylic acid groups (broad SMARTS) is 1. The Morgan fingerprint density at radius 2 is 2.06 bits per heavy atom. The van der Waals surface area contributed by atoms with Crippen LogP contribution in [0.5, 0.6) is 0 Å². The van der Waals surface area contributed by atoms with E-state index >= 15 is 0 Å². The molecule has 0 spiro atoms. The highest BCUT2D eigenvalue weighted by Crippen LogP contribution is 2.38. The lowest BCUT2D eigenvalue weighted by Crippen LogP contribution is -2.36. The second kappa shape index (κ2) is 5.30. The van der Waals surface area contributed by atoms with Crippen LogP contribution >= 0.6 is 0 Å². The van der Waals surface area contributed by atoms with E-state index in [0.717, 1.165) is 13.0 Å². The van der Waals surface area contributed by atoms with Gasteiger partial charge >= 0.3 is 5.97 Å². The topological polar surface area (TPSA) is 69.6 Å². The number of hydrogen-bond acceptors (Lipinski definition) is 3. The van der Waals surface area contributed by atoms with Crippen molar-refractivity contribution in [1.29, 1.82) is 0 Å². The van der Waals surface area contributed by atoms with Gasteiger partial charge in [-0.25, -0.2) is 0 Å². The molecule has 0 bridgehead atoms. The van der Waals surface area contributed by atoms with Crippen molar-refractivity contribution in [2.24, 2.45) is 11.8 Å². The molecule has 1 unspecified atom stereocenters. The molecule has 0 aromatic rings. The van der Waals surface area contributed by atoms with Crippen LogP contribution in [0.2, 0.25) is 0 Å². The van der Waals surface area contributed by atoms with Gasteiger partial charge in [-0.1, -0.05) is 0 Å². The van der Waals surface area contributed by atoms with Crippen LogP contribution in [0.4, 0.5) is 0 Å². The Labute approximate surface area is 95.8 Å². The molecule has 1 aliphatic rings. The van der Waals surface area contributed by atoms with Gasteiger partial charge in [0.2, 0.25) is 5.91 Å². The van der Waals surface area contributed by atoms with Crippen molar-refractivity contribution in [1.82, 2.24) is 10.2 Å². The molecule has 1 amide bonds. The van der Waals surface area contributed by atoms with Crippen LogP contribution in [0.3, 0.4) is 0 Å². The number of hydrogen-bond donors (Lipinski definition) is 2. The molecule has 16 heavy (non-hydrogen) atoms. The van der Waals surface area contributed by atoms with Crippen LogP contribution in [0.15, 0.2) is 0 Å². The van der Waals surface area contributed by atoms with Gasteiger partial charge in [-0.3, -0.25) is 9.59 Å². The Morgan fingerprint density at radius 3 is 2.50 bits per heavy atom. The van der Waals surface area contributed by atoms with Crippen LogP contribution in [0.25, 0.3) is 0 Å². The van der Waals surface area contributed by atoms with Gasteiger partial charge < -0.3 is 15.3 Å². The summed E-state index contributed by atoms with van der Waals surface area (Å²) in [5.41, 5.74) is 0. The quantitative estimate of drug-likeness (QED) is 0.679. The number of carboxylic acids is 1. The second-order valence-electron chi connectivity index (χ2n) is 4.79. The normalized spacial score (nSPS) is 25.2. The van der Waals surface area contributed by atoms with Crippen molar-refractivity contribution >= 4 is 11.9 Å². The van der Waals surface area contributed by atoms with Crippen LogP contribution in [0.1, 0.15) is 19.8 Å². The Balaban J connectivity index is 2.22. The van der Waals surface area contributed by atoms with Crippen molar-refractivity contribution in [3.8, 4) is 0 Å². The van der Waals surface area contributed by atoms with Crippen molar-refractivity contribution in [3.05, 3.63) is 0 Å².